The molecular weight excluding hydrogens is 246 g/mol. The average molecular weight is 258 g/mol. The van der Waals surface area contributed by atoms with E-state index < -0.39 is 17.5 Å². The zero-order chi connectivity index (χ0) is 12.4. The van der Waals surface area contributed by atoms with Crippen molar-refractivity contribution in [2.75, 3.05) is 16.9 Å². The number of amides is 1. The molecule has 1 fully saturated rings. The van der Waals surface area contributed by atoms with Crippen LogP contribution in [0, 0.1) is 18.6 Å². The van der Waals surface area contributed by atoms with Gasteiger partial charge in [-0.1, -0.05) is 6.07 Å². The fraction of sp³-hybridized carbons (Fsp3) is 0.364. The summed E-state index contributed by atoms with van der Waals surface area (Å²) in [6.07, 6.45) is 0. The van der Waals surface area contributed by atoms with Crippen LogP contribution in [0.2, 0.25) is 0 Å². The fourth-order valence-corrected chi connectivity index (χ4v) is 2.49. The molecule has 1 aliphatic heterocycles. The van der Waals surface area contributed by atoms with E-state index >= 15 is 0 Å². The van der Waals surface area contributed by atoms with Gasteiger partial charge in [0.15, 0.2) is 5.82 Å². The Morgan fingerprint density at radius 3 is 2.94 bits per heavy atom. The number of thioether (sulfide) groups is 1. The third-order valence-corrected chi connectivity index (χ3v) is 3.51. The van der Waals surface area contributed by atoms with Crippen molar-refractivity contribution >= 4 is 23.4 Å². The Kier molecular flexibility index (Phi) is 3.63. The number of hydrogen-bond acceptors (Lipinski definition) is 3. The molecule has 0 saturated carbocycles. The summed E-state index contributed by atoms with van der Waals surface area (Å²) in [6, 6.07) is 2.09. The Hall–Kier alpha value is -1.14. The standard InChI is InChI=1S/C11H12F2N2OS/c1-6-2-3-7(12)10(9(6)13)15-11(16)8-4-17-5-14-8/h2-3,8,14H,4-5H2,1H3,(H,15,16). The highest BCUT2D eigenvalue weighted by Gasteiger charge is 2.24. The molecule has 2 rings (SSSR count). The van der Waals surface area contributed by atoms with Crippen molar-refractivity contribution in [3.8, 4) is 0 Å². The molecule has 1 amide bonds. The minimum absolute atomic E-state index is 0.301. The molecule has 2 N–H and O–H groups in total. The van der Waals surface area contributed by atoms with E-state index in [1.165, 1.54) is 13.0 Å². The molecule has 1 unspecified atom stereocenters. The van der Waals surface area contributed by atoms with Gasteiger partial charge in [0.2, 0.25) is 5.91 Å². The van der Waals surface area contributed by atoms with Gasteiger partial charge in [0.1, 0.15) is 11.5 Å². The molecule has 0 spiro atoms. The van der Waals surface area contributed by atoms with Gasteiger partial charge in [0.05, 0.1) is 6.04 Å². The van der Waals surface area contributed by atoms with E-state index in [9.17, 15) is 13.6 Å². The summed E-state index contributed by atoms with van der Waals surface area (Å²) in [5, 5.41) is 5.23. The van der Waals surface area contributed by atoms with Gasteiger partial charge in [-0.15, -0.1) is 11.8 Å². The van der Waals surface area contributed by atoms with E-state index in [2.05, 4.69) is 10.6 Å². The van der Waals surface area contributed by atoms with Crippen LogP contribution in [0.1, 0.15) is 5.56 Å². The molecule has 0 aliphatic carbocycles. The minimum atomic E-state index is -0.757. The smallest absolute Gasteiger partial charge is 0.242 e. The number of hydrogen-bond donors (Lipinski definition) is 2. The van der Waals surface area contributed by atoms with Crippen molar-refractivity contribution in [3.05, 3.63) is 29.3 Å². The topological polar surface area (TPSA) is 41.1 Å². The number of carbonyl (C=O) groups is 1. The molecule has 1 saturated heterocycles. The van der Waals surface area contributed by atoms with E-state index in [0.29, 0.717) is 17.2 Å². The zero-order valence-electron chi connectivity index (χ0n) is 9.22. The first kappa shape index (κ1) is 12.3. The lowest BCUT2D eigenvalue weighted by Crippen LogP contribution is -2.37. The van der Waals surface area contributed by atoms with Gasteiger partial charge in [-0.3, -0.25) is 10.1 Å². The van der Waals surface area contributed by atoms with Crippen molar-refractivity contribution in [3.63, 3.8) is 0 Å². The van der Waals surface area contributed by atoms with Crippen LogP contribution in [0.3, 0.4) is 0 Å². The molecule has 1 atom stereocenters. The SMILES string of the molecule is Cc1ccc(F)c(NC(=O)C2CSCN2)c1F. The third kappa shape index (κ3) is 2.58. The lowest BCUT2D eigenvalue weighted by Gasteiger charge is -2.12. The van der Waals surface area contributed by atoms with Gasteiger partial charge in [0.25, 0.3) is 0 Å². The fourth-order valence-electron chi connectivity index (χ4n) is 1.55. The summed E-state index contributed by atoms with van der Waals surface area (Å²) in [5.74, 6) is -0.591. The van der Waals surface area contributed by atoms with Crippen LogP contribution in [0.15, 0.2) is 12.1 Å². The van der Waals surface area contributed by atoms with Gasteiger partial charge >= 0.3 is 0 Å². The monoisotopic (exact) mass is 258 g/mol. The van der Waals surface area contributed by atoms with Crippen molar-refractivity contribution in [2.45, 2.75) is 13.0 Å². The molecule has 1 aromatic carbocycles. The van der Waals surface area contributed by atoms with E-state index in [1.807, 2.05) is 0 Å². The molecular formula is C11H12F2N2OS. The molecule has 0 aromatic heterocycles. The molecule has 0 radical (unpaired) electrons. The first-order valence-corrected chi connectivity index (χ1v) is 6.31. The normalized spacial score (nSPS) is 19.4. The number of nitrogens with one attached hydrogen (secondary N) is 2. The minimum Gasteiger partial charge on any atom is -0.320 e. The molecule has 92 valence electrons. The number of anilines is 1. The highest BCUT2D eigenvalue weighted by molar-refractivity contribution is 7.99. The van der Waals surface area contributed by atoms with Crippen LogP contribution in [0.5, 0.6) is 0 Å². The van der Waals surface area contributed by atoms with Gasteiger partial charge < -0.3 is 5.32 Å². The summed E-state index contributed by atoms with van der Waals surface area (Å²) in [5.41, 5.74) is -0.0656. The van der Waals surface area contributed by atoms with Crippen LogP contribution in [-0.4, -0.2) is 23.6 Å². The Balaban J connectivity index is 2.17. The maximum Gasteiger partial charge on any atom is 0.242 e. The first-order chi connectivity index (χ1) is 8.09. The van der Waals surface area contributed by atoms with Crippen LogP contribution >= 0.6 is 11.8 Å². The van der Waals surface area contributed by atoms with E-state index in [-0.39, 0.29) is 11.7 Å². The van der Waals surface area contributed by atoms with Gasteiger partial charge in [0, 0.05) is 11.6 Å². The van der Waals surface area contributed by atoms with E-state index in [0.717, 1.165) is 6.07 Å². The predicted molar refractivity (Wildman–Crippen MR) is 64.0 cm³/mol. The number of benzene rings is 1. The maximum absolute atomic E-state index is 13.6. The second kappa shape index (κ2) is 5.01. The summed E-state index contributed by atoms with van der Waals surface area (Å²) in [6.45, 7) is 1.52. The number of rotatable bonds is 2. The molecule has 3 nitrogen and oxygen atoms in total. The second-order valence-corrected chi connectivity index (χ2v) is 4.84. The third-order valence-electron chi connectivity index (χ3n) is 2.57. The van der Waals surface area contributed by atoms with Crippen molar-refractivity contribution in [2.24, 2.45) is 0 Å². The molecule has 6 heteroatoms. The van der Waals surface area contributed by atoms with Gasteiger partial charge in [-0.05, 0) is 18.6 Å². The van der Waals surface area contributed by atoms with Gasteiger partial charge in [-0.25, -0.2) is 8.78 Å². The molecule has 1 aliphatic rings. The first-order valence-electron chi connectivity index (χ1n) is 5.16. The van der Waals surface area contributed by atoms with Crippen LogP contribution < -0.4 is 10.6 Å². The summed E-state index contributed by atoms with van der Waals surface area (Å²) >= 11 is 1.57. The number of aryl methyl sites for hydroxylation is 1. The number of carbonyl (C=O) groups excluding carboxylic acids is 1. The lowest BCUT2D eigenvalue weighted by atomic mass is 10.2. The van der Waals surface area contributed by atoms with Crippen LogP contribution in [-0.2, 0) is 4.79 Å². The van der Waals surface area contributed by atoms with E-state index in [4.69, 9.17) is 0 Å². The average Bonchev–Trinajstić information content (AvgIpc) is 2.83. The Morgan fingerprint density at radius 1 is 1.53 bits per heavy atom. The Bertz CT molecular complexity index is 447. The number of halogens is 2. The van der Waals surface area contributed by atoms with Gasteiger partial charge in [-0.2, -0.15) is 0 Å². The van der Waals surface area contributed by atoms with Crippen molar-refractivity contribution < 1.29 is 13.6 Å². The van der Waals surface area contributed by atoms with Crippen molar-refractivity contribution in [1.82, 2.24) is 5.32 Å². The van der Waals surface area contributed by atoms with Crippen molar-refractivity contribution in [1.29, 1.82) is 0 Å². The highest BCUT2D eigenvalue weighted by Crippen LogP contribution is 2.22. The zero-order valence-corrected chi connectivity index (χ0v) is 10.0. The molecule has 1 aromatic rings. The molecule has 0 bridgehead atoms. The molecule has 1 heterocycles. The Labute approximate surface area is 102 Å². The summed E-state index contributed by atoms with van der Waals surface area (Å²) < 4.78 is 27.0. The quantitative estimate of drug-likeness (QED) is 0.851. The predicted octanol–water partition coefficient (Wildman–Crippen LogP) is 1.87. The summed E-state index contributed by atoms with van der Waals surface area (Å²) in [7, 11) is 0. The summed E-state index contributed by atoms with van der Waals surface area (Å²) in [4.78, 5) is 11.7. The lowest BCUT2D eigenvalue weighted by molar-refractivity contribution is -0.117. The Morgan fingerprint density at radius 2 is 2.29 bits per heavy atom. The van der Waals surface area contributed by atoms with E-state index in [1.54, 1.807) is 11.8 Å². The van der Waals surface area contributed by atoms with Crippen LogP contribution in [0.4, 0.5) is 14.5 Å². The highest BCUT2D eigenvalue weighted by atomic mass is 32.2. The largest absolute Gasteiger partial charge is 0.320 e. The second-order valence-electron chi connectivity index (χ2n) is 3.81. The molecule has 17 heavy (non-hydrogen) atoms. The maximum atomic E-state index is 13.6. The van der Waals surface area contributed by atoms with Crippen LogP contribution in [0.25, 0.3) is 0 Å².